The zero-order valence-electron chi connectivity index (χ0n) is 21.0. The number of carbonyl (C=O) groups is 2. The first-order chi connectivity index (χ1) is 17.9. The van der Waals surface area contributed by atoms with Crippen LogP contribution in [0.3, 0.4) is 0 Å². The summed E-state index contributed by atoms with van der Waals surface area (Å²) in [5.41, 5.74) is 3.27. The summed E-state index contributed by atoms with van der Waals surface area (Å²) in [7, 11) is 1.54. The maximum Gasteiger partial charge on any atom is 0.246 e. The third kappa shape index (κ3) is 6.37. The van der Waals surface area contributed by atoms with Crippen molar-refractivity contribution in [1.82, 2.24) is 14.5 Å². The highest BCUT2D eigenvalue weighted by molar-refractivity contribution is 6.32. The number of para-hydroxylation sites is 1. The first kappa shape index (κ1) is 26.0. The number of nitrogens with zero attached hydrogens (tertiary/aromatic N) is 3. The van der Waals surface area contributed by atoms with Crippen molar-refractivity contribution in [2.24, 2.45) is 0 Å². The molecule has 0 radical (unpaired) electrons. The Labute approximate surface area is 221 Å². The van der Waals surface area contributed by atoms with Crippen molar-refractivity contribution in [1.29, 1.82) is 0 Å². The van der Waals surface area contributed by atoms with E-state index < -0.39 is 0 Å². The third-order valence-corrected chi connectivity index (χ3v) is 6.19. The van der Waals surface area contributed by atoms with Crippen molar-refractivity contribution in [3.8, 4) is 22.7 Å². The Balaban J connectivity index is 1.53. The molecule has 0 saturated heterocycles. The van der Waals surface area contributed by atoms with Gasteiger partial charge in [-0.15, -0.1) is 0 Å². The predicted octanol–water partition coefficient (Wildman–Crippen LogP) is 5.62. The van der Waals surface area contributed by atoms with Crippen LogP contribution in [0.1, 0.15) is 19.4 Å². The summed E-state index contributed by atoms with van der Waals surface area (Å²) in [5, 5.41) is 3.34. The number of amides is 2. The van der Waals surface area contributed by atoms with E-state index in [1.807, 2.05) is 85.3 Å². The molecule has 4 aromatic rings. The number of carbonyl (C=O) groups excluding carboxylic acids is 2. The zero-order valence-corrected chi connectivity index (χ0v) is 21.8. The highest BCUT2D eigenvalue weighted by Gasteiger charge is 2.22. The van der Waals surface area contributed by atoms with Gasteiger partial charge in [0, 0.05) is 23.5 Å². The van der Waals surface area contributed by atoms with Crippen molar-refractivity contribution in [2.45, 2.75) is 26.3 Å². The van der Waals surface area contributed by atoms with Gasteiger partial charge in [-0.05, 0) is 43.7 Å². The SMILES string of the molecule is COc1ccc(CC(=O)N(CC(=O)Nc2nc(-c3ccccc3)cn2-c2ccccc2)C(C)C)cc1Cl. The minimum Gasteiger partial charge on any atom is -0.495 e. The van der Waals surface area contributed by atoms with Gasteiger partial charge in [0.05, 0.1) is 24.2 Å². The van der Waals surface area contributed by atoms with E-state index in [0.29, 0.717) is 16.7 Å². The lowest BCUT2D eigenvalue weighted by Gasteiger charge is -2.26. The number of methoxy groups -OCH3 is 1. The van der Waals surface area contributed by atoms with E-state index in [-0.39, 0.29) is 30.8 Å². The van der Waals surface area contributed by atoms with Crippen LogP contribution in [0.15, 0.2) is 85.1 Å². The van der Waals surface area contributed by atoms with Gasteiger partial charge in [0.25, 0.3) is 0 Å². The summed E-state index contributed by atoms with van der Waals surface area (Å²) in [6.45, 7) is 3.65. The first-order valence-corrected chi connectivity index (χ1v) is 12.4. The highest BCUT2D eigenvalue weighted by atomic mass is 35.5. The van der Waals surface area contributed by atoms with Gasteiger partial charge in [-0.2, -0.15) is 0 Å². The molecule has 1 heterocycles. The van der Waals surface area contributed by atoms with Crippen molar-refractivity contribution in [3.63, 3.8) is 0 Å². The molecule has 0 aliphatic heterocycles. The van der Waals surface area contributed by atoms with Gasteiger partial charge in [-0.25, -0.2) is 4.98 Å². The fourth-order valence-corrected chi connectivity index (χ4v) is 4.26. The molecule has 0 bridgehead atoms. The number of ether oxygens (including phenoxy) is 1. The number of hydrogen-bond donors (Lipinski definition) is 1. The van der Waals surface area contributed by atoms with E-state index in [1.165, 1.54) is 7.11 Å². The lowest BCUT2D eigenvalue weighted by molar-refractivity contribution is -0.135. The van der Waals surface area contributed by atoms with Crippen LogP contribution in [0, 0.1) is 0 Å². The number of rotatable bonds is 9. The average Bonchev–Trinajstić information content (AvgIpc) is 3.32. The van der Waals surface area contributed by atoms with Crippen LogP contribution in [0.25, 0.3) is 16.9 Å². The second-order valence-electron chi connectivity index (χ2n) is 8.83. The molecule has 8 heteroatoms. The lowest BCUT2D eigenvalue weighted by atomic mass is 10.1. The Kier molecular flexibility index (Phi) is 8.25. The van der Waals surface area contributed by atoms with Gasteiger partial charge in [0.2, 0.25) is 17.8 Å². The van der Waals surface area contributed by atoms with Crippen LogP contribution in [0.5, 0.6) is 5.75 Å². The van der Waals surface area contributed by atoms with Crippen molar-refractivity contribution < 1.29 is 14.3 Å². The van der Waals surface area contributed by atoms with E-state index in [0.717, 1.165) is 22.5 Å². The zero-order chi connectivity index (χ0) is 26.4. The van der Waals surface area contributed by atoms with Crippen molar-refractivity contribution >= 4 is 29.4 Å². The Bertz CT molecular complexity index is 1370. The minimum atomic E-state index is -0.336. The first-order valence-electron chi connectivity index (χ1n) is 12.0. The van der Waals surface area contributed by atoms with Crippen molar-refractivity contribution in [2.75, 3.05) is 19.0 Å². The molecular weight excluding hydrogens is 488 g/mol. The summed E-state index contributed by atoms with van der Waals surface area (Å²) in [5.74, 6) is 0.412. The van der Waals surface area contributed by atoms with Gasteiger partial charge < -0.3 is 9.64 Å². The fourth-order valence-electron chi connectivity index (χ4n) is 3.98. The Hall–Kier alpha value is -4.10. The normalized spacial score (nSPS) is 10.8. The Morgan fingerprint density at radius 1 is 1.03 bits per heavy atom. The summed E-state index contributed by atoms with van der Waals surface area (Å²) in [6.07, 6.45) is 2.00. The molecule has 1 aromatic heterocycles. The molecule has 0 aliphatic carbocycles. The number of anilines is 1. The molecular formula is C29H29ClN4O3. The number of imidazole rings is 1. The number of aromatic nitrogens is 2. The second-order valence-corrected chi connectivity index (χ2v) is 9.24. The summed E-state index contributed by atoms with van der Waals surface area (Å²) in [4.78, 5) is 32.5. The maximum absolute atomic E-state index is 13.2. The van der Waals surface area contributed by atoms with E-state index in [9.17, 15) is 9.59 Å². The molecule has 0 spiro atoms. The smallest absolute Gasteiger partial charge is 0.246 e. The summed E-state index contributed by atoms with van der Waals surface area (Å²) in [6, 6.07) is 24.5. The fraction of sp³-hybridized carbons (Fsp3) is 0.207. The molecule has 0 unspecified atom stereocenters. The van der Waals surface area contributed by atoms with Crippen LogP contribution < -0.4 is 10.1 Å². The number of hydrogen-bond acceptors (Lipinski definition) is 4. The van der Waals surface area contributed by atoms with E-state index >= 15 is 0 Å². The number of benzene rings is 3. The molecule has 37 heavy (non-hydrogen) atoms. The topological polar surface area (TPSA) is 76.5 Å². The molecule has 190 valence electrons. The molecule has 0 atom stereocenters. The Morgan fingerprint density at radius 3 is 2.32 bits per heavy atom. The molecule has 1 N–H and O–H groups in total. The van der Waals surface area contributed by atoms with Crippen LogP contribution in [0.4, 0.5) is 5.95 Å². The molecule has 3 aromatic carbocycles. The van der Waals surface area contributed by atoms with Gasteiger partial charge in [0.1, 0.15) is 12.3 Å². The minimum absolute atomic E-state index is 0.108. The molecule has 7 nitrogen and oxygen atoms in total. The van der Waals surface area contributed by atoms with Crippen molar-refractivity contribution in [3.05, 3.63) is 95.6 Å². The van der Waals surface area contributed by atoms with Gasteiger partial charge in [-0.3, -0.25) is 19.5 Å². The van der Waals surface area contributed by atoms with Crippen LogP contribution in [-0.2, 0) is 16.0 Å². The predicted molar refractivity (Wildman–Crippen MR) is 146 cm³/mol. The molecule has 2 amide bonds. The Morgan fingerprint density at radius 2 is 1.70 bits per heavy atom. The maximum atomic E-state index is 13.2. The monoisotopic (exact) mass is 516 g/mol. The van der Waals surface area contributed by atoms with Gasteiger partial charge in [-0.1, -0.05) is 66.2 Å². The molecule has 0 fully saturated rings. The molecule has 0 aliphatic rings. The second kappa shape index (κ2) is 11.8. The van der Waals surface area contributed by atoms with E-state index in [2.05, 4.69) is 10.3 Å². The highest BCUT2D eigenvalue weighted by Crippen LogP contribution is 2.26. The largest absolute Gasteiger partial charge is 0.495 e. The van der Waals surface area contributed by atoms with Gasteiger partial charge in [0.15, 0.2) is 0 Å². The van der Waals surface area contributed by atoms with Gasteiger partial charge >= 0.3 is 0 Å². The third-order valence-electron chi connectivity index (χ3n) is 5.89. The quantitative estimate of drug-likeness (QED) is 0.313. The summed E-state index contributed by atoms with van der Waals surface area (Å²) < 4.78 is 7.02. The molecule has 0 saturated carbocycles. The lowest BCUT2D eigenvalue weighted by Crippen LogP contribution is -2.43. The number of nitrogens with one attached hydrogen (secondary N) is 1. The molecule has 4 rings (SSSR count). The standard InChI is InChI=1S/C29H29ClN4O3/c1-20(2)33(28(36)17-21-14-15-26(37-3)24(30)16-21)19-27(35)32-29-31-25(22-10-6-4-7-11-22)18-34(29)23-12-8-5-9-13-23/h4-16,18,20H,17,19H2,1-3H3,(H,31,32,35). The van der Waals surface area contributed by atoms with Crippen LogP contribution in [0.2, 0.25) is 5.02 Å². The van der Waals surface area contributed by atoms with E-state index in [1.54, 1.807) is 23.1 Å². The number of halogens is 1. The van der Waals surface area contributed by atoms with E-state index in [4.69, 9.17) is 16.3 Å². The average molecular weight is 517 g/mol. The van der Waals surface area contributed by atoms with Crippen LogP contribution in [-0.4, -0.2) is 46.0 Å². The van der Waals surface area contributed by atoms with Crippen LogP contribution >= 0.6 is 11.6 Å². The summed E-state index contributed by atoms with van der Waals surface area (Å²) >= 11 is 6.22.